The Morgan fingerprint density at radius 1 is 1.11 bits per heavy atom. The fraction of sp³-hybridized carbons (Fsp3) is 1.00. The number of rotatable bonds is 5. The van der Waals surface area contributed by atoms with Crippen molar-refractivity contribution < 1.29 is 4.74 Å². The van der Waals surface area contributed by atoms with Gasteiger partial charge in [-0.2, -0.15) is 0 Å². The number of likely N-dealkylation sites (tertiary alicyclic amines) is 1. The third kappa shape index (κ3) is 3.93. The lowest BCUT2D eigenvalue weighted by Crippen LogP contribution is -2.48. The Morgan fingerprint density at radius 3 is 2.47 bits per heavy atom. The average Bonchev–Trinajstić information content (AvgIpc) is 2.46. The van der Waals surface area contributed by atoms with Gasteiger partial charge in [0.1, 0.15) is 0 Å². The minimum absolute atomic E-state index is 0.0701. The van der Waals surface area contributed by atoms with Crippen molar-refractivity contribution in [1.29, 1.82) is 0 Å². The molecule has 2 N–H and O–H groups in total. The van der Waals surface area contributed by atoms with Gasteiger partial charge < -0.3 is 15.4 Å². The number of nitrogens with two attached hydrogens (primary N) is 1. The van der Waals surface area contributed by atoms with Crippen molar-refractivity contribution in [3.63, 3.8) is 0 Å². The van der Waals surface area contributed by atoms with Gasteiger partial charge in [-0.05, 0) is 64.1 Å². The third-order valence-corrected chi connectivity index (χ3v) is 5.54. The predicted octanol–water partition coefficient (Wildman–Crippen LogP) is 2.79. The molecule has 112 valence electrons. The van der Waals surface area contributed by atoms with Crippen molar-refractivity contribution >= 4 is 0 Å². The molecule has 0 amide bonds. The van der Waals surface area contributed by atoms with E-state index in [0.717, 1.165) is 13.1 Å². The topological polar surface area (TPSA) is 38.5 Å². The lowest BCUT2D eigenvalue weighted by atomic mass is 9.71. The first-order chi connectivity index (χ1) is 9.11. The summed E-state index contributed by atoms with van der Waals surface area (Å²) in [6, 6.07) is 0. The minimum Gasteiger partial charge on any atom is -0.377 e. The van der Waals surface area contributed by atoms with E-state index in [9.17, 15) is 0 Å². The van der Waals surface area contributed by atoms with Crippen LogP contribution in [-0.4, -0.2) is 43.8 Å². The van der Waals surface area contributed by atoms with Gasteiger partial charge in [0.25, 0.3) is 0 Å². The lowest BCUT2D eigenvalue weighted by molar-refractivity contribution is -0.0534. The number of nitrogens with zero attached hydrogens (tertiary/aromatic N) is 1. The Kier molecular flexibility index (Phi) is 5.27. The maximum Gasteiger partial charge on any atom is 0.0777 e. The molecule has 1 heterocycles. The summed E-state index contributed by atoms with van der Waals surface area (Å²) in [6.07, 6.45) is 10.6. The van der Waals surface area contributed by atoms with Crippen LogP contribution in [0.1, 0.15) is 58.3 Å². The van der Waals surface area contributed by atoms with E-state index in [0.29, 0.717) is 5.41 Å². The highest BCUT2D eigenvalue weighted by Crippen LogP contribution is 2.38. The van der Waals surface area contributed by atoms with Crippen LogP contribution in [0.25, 0.3) is 0 Å². The summed E-state index contributed by atoms with van der Waals surface area (Å²) in [6.45, 7) is 6.65. The molecule has 19 heavy (non-hydrogen) atoms. The summed E-state index contributed by atoms with van der Waals surface area (Å²) in [4.78, 5) is 2.60. The molecule has 0 aromatic heterocycles. The molecule has 0 aromatic rings. The summed E-state index contributed by atoms with van der Waals surface area (Å²) >= 11 is 0. The molecule has 0 radical (unpaired) electrons. The van der Waals surface area contributed by atoms with Crippen LogP contribution < -0.4 is 5.73 Å². The van der Waals surface area contributed by atoms with Gasteiger partial charge in [0, 0.05) is 13.7 Å². The Balaban J connectivity index is 1.83. The normalized spacial score (nSPS) is 32.4. The van der Waals surface area contributed by atoms with Crippen molar-refractivity contribution in [2.24, 2.45) is 11.1 Å². The lowest BCUT2D eigenvalue weighted by Gasteiger charge is -2.42. The van der Waals surface area contributed by atoms with E-state index >= 15 is 0 Å². The van der Waals surface area contributed by atoms with E-state index in [-0.39, 0.29) is 5.60 Å². The van der Waals surface area contributed by atoms with Crippen molar-refractivity contribution in [2.45, 2.75) is 63.9 Å². The Labute approximate surface area is 118 Å². The molecule has 2 aliphatic rings. The summed E-state index contributed by atoms with van der Waals surface area (Å²) in [5, 5.41) is 0. The van der Waals surface area contributed by atoms with Gasteiger partial charge in [-0.1, -0.05) is 19.3 Å². The first-order valence-electron chi connectivity index (χ1n) is 8.09. The van der Waals surface area contributed by atoms with E-state index in [2.05, 4.69) is 11.8 Å². The first-order valence-corrected chi connectivity index (χ1v) is 8.09. The molecule has 0 bridgehead atoms. The van der Waals surface area contributed by atoms with Crippen LogP contribution in [0.15, 0.2) is 0 Å². The quantitative estimate of drug-likeness (QED) is 0.833. The van der Waals surface area contributed by atoms with Crippen LogP contribution in [-0.2, 0) is 4.74 Å². The van der Waals surface area contributed by atoms with E-state index in [1.807, 2.05) is 7.11 Å². The molecule has 1 saturated carbocycles. The van der Waals surface area contributed by atoms with Crippen molar-refractivity contribution in [2.75, 3.05) is 33.3 Å². The van der Waals surface area contributed by atoms with E-state index in [4.69, 9.17) is 10.5 Å². The van der Waals surface area contributed by atoms with Gasteiger partial charge in [0.15, 0.2) is 0 Å². The molecule has 3 heteroatoms. The molecule has 2 rings (SSSR count). The van der Waals surface area contributed by atoms with Crippen LogP contribution in [0.2, 0.25) is 0 Å². The fourth-order valence-electron chi connectivity index (χ4n) is 3.92. The van der Waals surface area contributed by atoms with Gasteiger partial charge in [-0.3, -0.25) is 0 Å². The van der Waals surface area contributed by atoms with E-state index in [1.165, 1.54) is 64.5 Å². The molecule has 1 aliphatic carbocycles. The maximum absolute atomic E-state index is 6.09. The molecule has 1 unspecified atom stereocenters. The smallest absolute Gasteiger partial charge is 0.0777 e. The highest BCUT2D eigenvalue weighted by atomic mass is 16.5. The standard InChI is InChI=1S/C16H32N2O/c1-15(19-2)7-6-11-18(14-15)12-10-16(13-17)8-4-3-5-9-16/h3-14,17H2,1-2H3. The second-order valence-electron chi connectivity index (χ2n) is 7.05. The summed E-state index contributed by atoms with van der Waals surface area (Å²) in [7, 11) is 1.85. The molecule has 1 aliphatic heterocycles. The van der Waals surface area contributed by atoms with Crippen molar-refractivity contribution in [3.05, 3.63) is 0 Å². The van der Waals surface area contributed by atoms with Gasteiger partial charge in [-0.15, -0.1) is 0 Å². The highest BCUT2D eigenvalue weighted by molar-refractivity contribution is 4.88. The van der Waals surface area contributed by atoms with E-state index < -0.39 is 0 Å². The number of methoxy groups -OCH3 is 1. The third-order valence-electron chi connectivity index (χ3n) is 5.54. The summed E-state index contributed by atoms with van der Waals surface area (Å²) in [5.74, 6) is 0. The molecular formula is C16H32N2O. The number of hydrogen-bond donors (Lipinski definition) is 1. The van der Waals surface area contributed by atoms with Crippen LogP contribution in [0.3, 0.4) is 0 Å². The second-order valence-corrected chi connectivity index (χ2v) is 7.05. The predicted molar refractivity (Wildman–Crippen MR) is 80.3 cm³/mol. The second kappa shape index (κ2) is 6.55. The number of piperidine rings is 1. The largest absolute Gasteiger partial charge is 0.377 e. The Hall–Kier alpha value is -0.120. The monoisotopic (exact) mass is 268 g/mol. The average molecular weight is 268 g/mol. The van der Waals surface area contributed by atoms with Crippen molar-refractivity contribution in [1.82, 2.24) is 4.90 Å². The SMILES string of the molecule is COC1(C)CCCN(CCC2(CN)CCCCC2)C1. The maximum atomic E-state index is 6.09. The molecule has 0 aromatic carbocycles. The molecule has 0 spiro atoms. The fourth-order valence-corrected chi connectivity index (χ4v) is 3.92. The molecule has 1 saturated heterocycles. The van der Waals surface area contributed by atoms with Crippen LogP contribution in [0, 0.1) is 5.41 Å². The van der Waals surface area contributed by atoms with Crippen LogP contribution >= 0.6 is 0 Å². The van der Waals surface area contributed by atoms with Gasteiger partial charge in [0.2, 0.25) is 0 Å². The minimum atomic E-state index is 0.0701. The highest BCUT2D eigenvalue weighted by Gasteiger charge is 2.34. The molecular weight excluding hydrogens is 236 g/mol. The van der Waals surface area contributed by atoms with Crippen LogP contribution in [0.4, 0.5) is 0 Å². The number of hydrogen-bond acceptors (Lipinski definition) is 3. The van der Waals surface area contributed by atoms with Gasteiger partial charge >= 0.3 is 0 Å². The Morgan fingerprint density at radius 2 is 1.84 bits per heavy atom. The Bertz CT molecular complexity index is 276. The molecule has 1 atom stereocenters. The molecule has 3 nitrogen and oxygen atoms in total. The van der Waals surface area contributed by atoms with Crippen molar-refractivity contribution in [3.8, 4) is 0 Å². The van der Waals surface area contributed by atoms with E-state index in [1.54, 1.807) is 0 Å². The zero-order chi connectivity index (χ0) is 13.8. The summed E-state index contributed by atoms with van der Waals surface area (Å²) < 4.78 is 5.69. The zero-order valence-corrected chi connectivity index (χ0v) is 12.9. The number of ether oxygens (including phenoxy) is 1. The van der Waals surface area contributed by atoms with Gasteiger partial charge in [-0.25, -0.2) is 0 Å². The summed E-state index contributed by atoms with van der Waals surface area (Å²) in [5.41, 5.74) is 6.60. The molecule has 2 fully saturated rings. The van der Waals surface area contributed by atoms with Crippen LogP contribution in [0.5, 0.6) is 0 Å². The zero-order valence-electron chi connectivity index (χ0n) is 12.9. The van der Waals surface area contributed by atoms with Gasteiger partial charge in [0.05, 0.1) is 5.60 Å². The first kappa shape index (κ1) is 15.3.